The van der Waals surface area contributed by atoms with Crippen molar-refractivity contribution in [2.24, 2.45) is 4.99 Å². The molecule has 0 radical (unpaired) electrons. The number of carbonyl (C=O) groups excluding carboxylic acids is 1. The lowest BCUT2D eigenvalue weighted by atomic mass is 10.0. The molecule has 0 spiro atoms. The van der Waals surface area contributed by atoms with E-state index in [9.17, 15) is 14.7 Å². The van der Waals surface area contributed by atoms with Crippen molar-refractivity contribution in [2.45, 2.75) is 32.9 Å². The van der Waals surface area contributed by atoms with Gasteiger partial charge in [-0.2, -0.15) is 0 Å². The molecule has 198 valence electrons. The minimum absolute atomic E-state index is 0.214. The Balaban J connectivity index is 1.64. The summed E-state index contributed by atoms with van der Waals surface area (Å²) >= 11 is 0. The number of amides is 2. The van der Waals surface area contributed by atoms with Crippen molar-refractivity contribution in [1.29, 1.82) is 0 Å². The number of para-hydroxylation sites is 2. The van der Waals surface area contributed by atoms with Gasteiger partial charge in [0.1, 0.15) is 0 Å². The molecule has 8 nitrogen and oxygen atoms in total. The average Bonchev–Trinajstić information content (AvgIpc) is 3.56. The van der Waals surface area contributed by atoms with Crippen molar-refractivity contribution < 1.29 is 19.1 Å². The number of hydrogen-bond donors (Lipinski definition) is 2. The Bertz CT molecular complexity index is 1660. The zero-order chi connectivity index (χ0) is 27.4. The van der Waals surface area contributed by atoms with Crippen LogP contribution < -0.4 is 10.9 Å². The fraction of sp³-hybridized carbons (Fsp3) is 0.194. The van der Waals surface area contributed by atoms with Crippen LogP contribution in [0.3, 0.4) is 0 Å². The van der Waals surface area contributed by atoms with Crippen molar-refractivity contribution in [2.75, 3.05) is 6.54 Å². The van der Waals surface area contributed by atoms with Crippen molar-refractivity contribution in [3.8, 4) is 0 Å². The van der Waals surface area contributed by atoms with Crippen LogP contribution in [0, 0.1) is 13.8 Å². The first-order valence-corrected chi connectivity index (χ1v) is 12.8. The summed E-state index contributed by atoms with van der Waals surface area (Å²) in [5.41, 5.74) is 6.35. The molecule has 0 saturated heterocycles. The van der Waals surface area contributed by atoms with Crippen LogP contribution in [0.15, 0.2) is 101 Å². The highest BCUT2D eigenvalue weighted by Gasteiger charge is 2.22. The number of nitrogens with zero attached hydrogens (tertiary/aromatic N) is 3. The van der Waals surface area contributed by atoms with Gasteiger partial charge in [0.2, 0.25) is 5.62 Å². The van der Waals surface area contributed by atoms with E-state index in [1.54, 1.807) is 12.1 Å². The van der Waals surface area contributed by atoms with Crippen LogP contribution in [0.2, 0.25) is 0 Å². The second-order valence-electron chi connectivity index (χ2n) is 9.66. The molecule has 2 aromatic heterocycles. The number of benzene rings is 3. The fourth-order valence-corrected chi connectivity index (χ4v) is 4.79. The summed E-state index contributed by atoms with van der Waals surface area (Å²) in [4.78, 5) is 28.9. The van der Waals surface area contributed by atoms with Crippen LogP contribution in [0.5, 0.6) is 0 Å². The molecule has 39 heavy (non-hydrogen) atoms. The summed E-state index contributed by atoms with van der Waals surface area (Å²) in [5.74, 6) is -0.124. The number of carbonyl (C=O) groups is 2. The van der Waals surface area contributed by atoms with E-state index in [4.69, 9.17) is 4.42 Å². The van der Waals surface area contributed by atoms with E-state index in [2.05, 4.69) is 22.4 Å². The van der Waals surface area contributed by atoms with Gasteiger partial charge < -0.3 is 24.0 Å². The molecule has 3 aromatic carbocycles. The molecule has 2 amide bonds. The lowest BCUT2D eigenvalue weighted by molar-refractivity contribution is 0.0919. The van der Waals surface area contributed by atoms with E-state index in [1.807, 2.05) is 83.6 Å². The Morgan fingerprint density at radius 3 is 2.13 bits per heavy atom. The zero-order valence-corrected chi connectivity index (χ0v) is 21.9. The van der Waals surface area contributed by atoms with Crippen LogP contribution in [0.4, 0.5) is 4.79 Å². The summed E-state index contributed by atoms with van der Waals surface area (Å²) in [7, 11) is 0. The smallest absolute Gasteiger partial charge is 0.434 e. The topological polar surface area (TPSA) is 102 Å². The zero-order valence-electron chi connectivity index (χ0n) is 21.9. The number of nitrogens with one attached hydrogen (secondary N) is 1. The largest absolute Gasteiger partial charge is 0.463 e. The van der Waals surface area contributed by atoms with Crippen LogP contribution in [0.25, 0.3) is 11.0 Å². The van der Waals surface area contributed by atoms with E-state index in [1.165, 1.54) is 6.26 Å². The van der Waals surface area contributed by atoms with Crippen LogP contribution in [-0.2, 0) is 13.0 Å². The molecular weight excluding hydrogens is 492 g/mol. The predicted octanol–water partition coefficient (Wildman–Crippen LogP) is 5.49. The van der Waals surface area contributed by atoms with Crippen LogP contribution >= 0.6 is 0 Å². The molecule has 0 aliphatic rings. The molecule has 0 fully saturated rings. The number of aryl methyl sites for hydroxylation is 2. The van der Waals surface area contributed by atoms with Gasteiger partial charge in [0.05, 0.1) is 29.9 Å². The van der Waals surface area contributed by atoms with Gasteiger partial charge in [-0.1, -0.05) is 71.8 Å². The Hall–Kier alpha value is -4.85. The highest BCUT2D eigenvalue weighted by molar-refractivity contribution is 5.91. The molecule has 1 atom stereocenters. The molecular formula is C31H30N4O4. The molecule has 5 rings (SSSR count). The fourth-order valence-electron chi connectivity index (χ4n) is 4.79. The van der Waals surface area contributed by atoms with Gasteiger partial charge in [-0.25, -0.2) is 4.79 Å². The van der Waals surface area contributed by atoms with Crippen molar-refractivity contribution in [3.05, 3.63) is 125 Å². The van der Waals surface area contributed by atoms with Gasteiger partial charge in [-0.05, 0) is 55.7 Å². The van der Waals surface area contributed by atoms with Gasteiger partial charge >= 0.3 is 6.09 Å². The number of furan rings is 1. The van der Waals surface area contributed by atoms with E-state index in [0.29, 0.717) is 18.6 Å². The molecule has 0 unspecified atom stereocenters. The van der Waals surface area contributed by atoms with Crippen LogP contribution in [0.1, 0.15) is 38.9 Å². The second kappa shape index (κ2) is 11.3. The number of imidazole rings is 1. The first kappa shape index (κ1) is 25.8. The maximum Gasteiger partial charge on any atom is 0.434 e. The van der Waals surface area contributed by atoms with E-state index >= 15 is 0 Å². The highest BCUT2D eigenvalue weighted by atomic mass is 16.4. The number of hydrogen-bond acceptors (Lipinski definition) is 3. The quantitative estimate of drug-likeness (QED) is 0.281. The third kappa shape index (κ3) is 5.85. The third-order valence-electron chi connectivity index (χ3n) is 6.75. The Kier molecular flexibility index (Phi) is 7.45. The normalized spacial score (nSPS) is 12.5. The third-order valence-corrected chi connectivity index (χ3v) is 6.75. The first-order valence-electron chi connectivity index (χ1n) is 12.8. The minimum atomic E-state index is -1.29. The summed E-state index contributed by atoms with van der Waals surface area (Å²) in [6, 6.07) is 27.0. The van der Waals surface area contributed by atoms with E-state index in [-0.39, 0.29) is 24.3 Å². The predicted molar refractivity (Wildman–Crippen MR) is 149 cm³/mol. The van der Waals surface area contributed by atoms with Crippen molar-refractivity contribution >= 4 is 23.0 Å². The van der Waals surface area contributed by atoms with Crippen molar-refractivity contribution in [3.63, 3.8) is 0 Å². The lowest BCUT2D eigenvalue weighted by Gasteiger charge is -2.21. The number of rotatable bonds is 8. The molecule has 0 bridgehead atoms. The molecule has 0 aliphatic carbocycles. The summed E-state index contributed by atoms with van der Waals surface area (Å²) < 4.78 is 9.12. The summed E-state index contributed by atoms with van der Waals surface area (Å²) in [6.07, 6.45) is 0.713. The first-order chi connectivity index (χ1) is 18.9. The van der Waals surface area contributed by atoms with Gasteiger partial charge in [0.15, 0.2) is 5.76 Å². The SMILES string of the molecule is Cc1ccc(C[C@@H](CNC(=O)c2ccco2)n2/c(=N/C(=O)O)n(Cc3ccc(C)cc3)c3ccccc32)cc1. The average molecular weight is 523 g/mol. The summed E-state index contributed by atoms with van der Waals surface area (Å²) in [5, 5.41) is 12.8. The molecule has 0 aliphatic heterocycles. The van der Waals surface area contributed by atoms with Gasteiger partial charge in [-0.3, -0.25) is 4.79 Å². The molecule has 2 N–H and O–H groups in total. The van der Waals surface area contributed by atoms with E-state index < -0.39 is 6.09 Å². The van der Waals surface area contributed by atoms with Gasteiger partial charge in [0.25, 0.3) is 5.91 Å². The minimum Gasteiger partial charge on any atom is -0.463 e. The number of carboxylic acid groups (broad SMARTS) is 1. The maximum absolute atomic E-state index is 12.8. The molecule has 0 saturated carbocycles. The lowest BCUT2D eigenvalue weighted by Crippen LogP contribution is -2.37. The van der Waals surface area contributed by atoms with Crippen molar-refractivity contribution in [1.82, 2.24) is 14.5 Å². The monoisotopic (exact) mass is 522 g/mol. The Labute approximate surface area is 225 Å². The second-order valence-corrected chi connectivity index (χ2v) is 9.66. The summed E-state index contributed by atoms with van der Waals surface area (Å²) in [6.45, 7) is 4.73. The van der Waals surface area contributed by atoms with E-state index in [0.717, 1.165) is 33.3 Å². The molecule has 8 heteroatoms. The van der Waals surface area contributed by atoms with Crippen LogP contribution in [-0.4, -0.2) is 32.8 Å². The maximum atomic E-state index is 12.8. The Morgan fingerprint density at radius 2 is 1.51 bits per heavy atom. The van der Waals surface area contributed by atoms with Gasteiger partial charge in [0, 0.05) is 6.54 Å². The molecule has 2 heterocycles. The number of fused-ring (bicyclic) bond motifs is 1. The number of aromatic nitrogens is 2. The highest BCUT2D eigenvalue weighted by Crippen LogP contribution is 2.22. The standard InChI is InChI=1S/C31H30N4O4/c1-21-9-13-23(14-10-21)18-25(19-32-29(36)28-8-5-17-39-28)35-27-7-4-3-6-26(27)34(30(35)33-31(37)38)20-24-15-11-22(2)12-16-24/h3-17,25H,18-20H2,1-2H3,(H,32,36)(H,37,38)/b33-30+/t25-/m0/s1. The Morgan fingerprint density at radius 1 is 0.872 bits per heavy atom. The molecule has 5 aromatic rings. The van der Waals surface area contributed by atoms with Gasteiger partial charge in [-0.15, -0.1) is 4.99 Å².